The zero-order valence-electron chi connectivity index (χ0n) is 12.9. The highest BCUT2D eigenvalue weighted by atomic mass is 16.5. The van der Waals surface area contributed by atoms with Gasteiger partial charge in [0.15, 0.2) is 0 Å². The Balaban J connectivity index is 1.73. The van der Waals surface area contributed by atoms with Crippen molar-refractivity contribution in [3.8, 4) is 11.8 Å². The van der Waals surface area contributed by atoms with Crippen LogP contribution in [-0.2, 0) is 11.3 Å². The highest BCUT2D eigenvalue weighted by Crippen LogP contribution is 2.24. The summed E-state index contributed by atoms with van der Waals surface area (Å²) in [7, 11) is 1.68. The summed E-state index contributed by atoms with van der Waals surface area (Å²) in [6.45, 7) is 3.19. The minimum absolute atomic E-state index is 0.428. The van der Waals surface area contributed by atoms with E-state index in [1.54, 1.807) is 7.11 Å². The molecule has 21 heavy (non-hydrogen) atoms. The fraction of sp³-hybridized carbons (Fsp3) is 0.588. The molecule has 0 spiro atoms. The van der Waals surface area contributed by atoms with Gasteiger partial charge in [0.2, 0.25) is 0 Å². The van der Waals surface area contributed by atoms with E-state index >= 15 is 0 Å². The van der Waals surface area contributed by atoms with Gasteiger partial charge in [-0.3, -0.25) is 5.32 Å². The lowest BCUT2D eigenvalue weighted by atomic mass is 9.98. The zero-order chi connectivity index (χ0) is 15.1. The van der Waals surface area contributed by atoms with Gasteiger partial charge in [-0.2, -0.15) is 5.26 Å². The second kappa shape index (κ2) is 7.44. The van der Waals surface area contributed by atoms with Gasteiger partial charge in [0.25, 0.3) is 0 Å². The molecule has 1 unspecified atom stereocenters. The molecule has 1 aromatic carbocycles. The van der Waals surface area contributed by atoms with Gasteiger partial charge in [-0.15, -0.1) is 0 Å². The maximum absolute atomic E-state index is 9.31. The van der Waals surface area contributed by atoms with Gasteiger partial charge in [-0.05, 0) is 50.3 Å². The summed E-state index contributed by atoms with van der Waals surface area (Å²) in [4.78, 5) is 0. The Morgan fingerprint density at radius 3 is 2.90 bits per heavy atom. The first-order chi connectivity index (χ1) is 10.1. The number of hydrogen-bond donors (Lipinski definition) is 1. The van der Waals surface area contributed by atoms with Crippen molar-refractivity contribution in [1.82, 2.24) is 5.32 Å². The smallest absolute Gasteiger partial charge is 0.119 e. The molecule has 4 nitrogen and oxygen atoms in total. The molecule has 0 amide bonds. The van der Waals surface area contributed by atoms with Crippen LogP contribution in [0.3, 0.4) is 0 Å². The Hall–Kier alpha value is -1.57. The number of benzene rings is 1. The lowest BCUT2D eigenvalue weighted by Crippen LogP contribution is -2.42. The van der Waals surface area contributed by atoms with Gasteiger partial charge in [0, 0.05) is 13.2 Å². The van der Waals surface area contributed by atoms with E-state index in [4.69, 9.17) is 9.47 Å². The number of nitrogens with one attached hydrogen (secondary N) is 1. The summed E-state index contributed by atoms with van der Waals surface area (Å²) in [5.41, 5.74) is 0.676. The van der Waals surface area contributed by atoms with Crippen LogP contribution in [0.25, 0.3) is 0 Å². The van der Waals surface area contributed by atoms with Crippen LogP contribution in [-0.4, -0.2) is 25.3 Å². The lowest BCUT2D eigenvalue weighted by Gasteiger charge is -2.23. The molecule has 1 fully saturated rings. The molecule has 1 aliphatic carbocycles. The molecular weight excluding hydrogens is 264 g/mol. The largest absolute Gasteiger partial charge is 0.494 e. The Labute approximate surface area is 127 Å². The SMILES string of the molecule is COCc1cccc(OCCCC(C)(C#N)NC2CC2)c1. The molecule has 4 heteroatoms. The third-order valence-electron chi connectivity index (χ3n) is 3.65. The predicted molar refractivity (Wildman–Crippen MR) is 82.1 cm³/mol. The van der Waals surface area contributed by atoms with Gasteiger partial charge in [0.05, 0.1) is 19.3 Å². The first-order valence-electron chi connectivity index (χ1n) is 7.55. The summed E-state index contributed by atoms with van der Waals surface area (Å²) < 4.78 is 10.9. The van der Waals surface area contributed by atoms with Crippen molar-refractivity contribution < 1.29 is 9.47 Å². The molecule has 0 bridgehead atoms. The number of methoxy groups -OCH3 is 1. The Bertz CT molecular complexity index is 494. The van der Waals surface area contributed by atoms with Crippen LogP contribution in [0.5, 0.6) is 5.75 Å². The number of rotatable bonds is 9. The number of ether oxygens (including phenoxy) is 2. The summed E-state index contributed by atoms with van der Waals surface area (Å²) >= 11 is 0. The van der Waals surface area contributed by atoms with E-state index < -0.39 is 5.54 Å². The van der Waals surface area contributed by atoms with Crippen LogP contribution < -0.4 is 10.1 Å². The zero-order valence-corrected chi connectivity index (χ0v) is 12.9. The van der Waals surface area contributed by atoms with Crippen LogP contribution in [0.15, 0.2) is 24.3 Å². The van der Waals surface area contributed by atoms with E-state index in [0.29, 0.717) is 19.3 Å². The second-order valence-electron chi connectivity index (χ2n) is 5.89. The summed E-state index contributed by atoms with van der Waals surface area (Å²) in [5, 5.41) is 12.7. The molecule has 0 radical (unpaired) electrons. The van der Waals surface area contributed by atoms with Crippen molar-refractivity contribution in [1.29, 1.82) is 5.26 Å². The molecule has 1 aliphatic rings. The molecule has 1 N–H and O–H groups in total. The lowest BCUT2D eigenvalue weighted by molar-refractivity contribution is 0.184. The van der Waals surface area contributed by atoms with Crippen molar-refractivity contribution in [2.24, 2.45) is 0 Å². The first-order valence-corrected chi connectivity index (χ1v) is 7.55. The molecule has 0 aliphatic heterocycles. The van der Waals surface area contributed by atoms with Gasteiger partial charge >= 0.3 is 0 Å². The van der Waals surface area contributed by atoms with Crippen molar-refractivity contribution in [2.75, 3.05) is 13.7 Å². The monoisotopic (exact) mass is 288 g/mol. The van der Waals surface area contributed by atoms with E-state index in [-0.39, 0.29) is 0 Å². The first kappa shape index (κ1) is 15.8. The molecule has 1 atom stereocenters. The average molecular weight is 288 g/mol. The number of hydrogen-bond acceptors (Lipinski definition) is 4. The maximum Gasteiger partial charge on any atom is 0.119 e. The highest BCUT2D eigenvalue weighted by Gasteiger charge is 2.31. The summed E-state index contributed by atoms with van der Waals surface area (Å²) in [5.74, 6) is 0.860. The normalized spacial score (nSPS) is 17.0. The molecule has 0 saturated heterocycles. The third kappa shape index (κ3) is 5.37. The Morgan fingerprint density at radius 1 is 1.43 bits per heavy atom. The minimum atomic E-state index is -0.428. The van der Waals surface area contributed by atoms with Crippen molar-refractivity contribution in [2.45, 2.75) is 50.8 Å². The fourth-order valence-corrected chi connectivity index (χ4v) is 2.35. The standard InChI is InChI=1S/C17H24N2O2/c1-17(13-18,19-15-7-8-15)9-4-10-21-16-6-3-5-14(11-16)12-20-2/h3,5-6,11,15,19H,4,7-10,12H2,1-2H3. The van der Waals surface area contributed by atoms with Crippen LogP contribution in [0.4, 0.5) is 0 Å². The summed E-state index contributed by atoms with van der Waals surface area (Å²) in [6.07, 6.45) is 4.05. The van der Waals surface area contributed by atoms with E-state index in [2.05, 4.69) is 11.4 Å². The maximum atomic E-state index is 9.31. The van der Waals surface area contributed by atoms with Crippen molar-refractivity contribution >= 4 is 0 Å². The van der Waals surface area contributed by atoms with Crippen LogP contribution in [0, 0.1) is 11.3 Å². The topological polar surface area (TPSA) is 54.3 Å². The number of nitrogens with zero attached hydrogens (tertiary/aromatic N) is 1. The van der Waals surface area contributed by atoms with E-state index in [1.165, 1.54) is 12.8 Å². The van der Waals surface area contributed by atoms with E-state index in [9.17, 15) is 5.26 Å². The number of nitriles is 1. The Morgan fingerprint density at radius 2 is 2.24 bits per heavy atom. The van der Waals surface area contributed by atoms with Crippen molar-refractivity contribution in [3.63, 3.8) is 0 Å². The molecule has 114 valence electrons. The molecule has 1 aromatic rings. The second-order valence-corrected chi connectivity index (χ2v) is 5.89. The third-order valence-corrected chi connectivity index (χ3v) is 3.65. The minimum Gasteiger partial charge on any atom is -0.494 e. The fourth-order valence-electron chi connectivity index (χ4n) is 2.35. The van der Waals surface area contributed by atoms with Crippen LogP contribution in [0.2, 0.25) is 0 Å². The average Bonchev–Trinajstić information content (AvgIpc) is 3.28. The van der Waals surface area contributed by atoms with Crippen molar-refractivity contribution in [3.05, 3.63) is 29.8 Å². The molecule has 0 aromatic heterocycles. The van der Waals surface area contributed by atoms with Gasteiger partial charge in [-0.25, -0.2) is 0 Å². The van der Waals surface area contributed by atoms with Crippen LogP contribution in [0.1, 0.15) is 38.2 Å². The van der Waals surface area contributed by atoms with E-state index in [0.717, 1.165) is 24.2 Å². The van der Waals surface area contributed by atoms with Gasteiger partial charge in [-0.1, -0.05) is 12.1 Å². The molecule has 2 rings (SSSR count). The van der Waals surface area contributed by atoms with Gasteiger partial charge in [0.1, 0.15) is 11.3 Å². The predicted octanol–water partition coefficient (Wildman–Crippen LogP) is 3.03. The van der Waals surface area contributed by atoms with Gasteiger partial charge < -0.3 is 9.47 Å². The quantitative estimate of drug-likeness (QED) is 0.710. The Kier molecular flexibility index (Phi) is 5.60. The summed E-state index contributed by atoms with van der Waals surface area (Å²) in [6, 6.07) is 10.9. The molecular formula is C17H24N2O2. The van der Waals surface area contributed by atoms with E-state index in [1.807, 2.05) is 31.2 Å². The molecule has 0 heterocycles. The van der Waals surface area contributed by atoms with Crippen LogP contribution >= 0.6 is 0 Å². The molecule has 1 saturated carbocycles. The highest BCUT2D eigenvalue weighted by molar-refractivity contribution is 5.28.